The fourth-order valence-corrected chi connectivity index (χ4v) is 3.57. The monoisotopic (exact) mass is 447 g/mol. The Kier molecular flexibility index (Phi) is 6.13. The standard InChI is InChI=1S/C24H29N7O2/c1-15-10-26-19-7-6-18(16-8-17(12-25-11-16)24(2,3)4)29-22(19)31(13-15)23(32)30-20-9-21(33-5)28-14-27-20/h6-9,11-12,14-15,26H,10,13H2,1-5H3,(H,27,28,30,32)/t15-/m1/s1. The van der Waals surface area contributed by atoms with E-state index in [2.05, 4.69) is 59.3 Å². The molecule has 9 nitrogen and oxygen atoms in total. The number of hydrogen-bond acceptors (Lipinski definition) is 7. The van der Waals surface area contributed by atoms with Gasteiger partial charge in [-0.25, -0.2) is 19.7 Å². The van der Waals surface area contributed by atoms with Gasteiger partial charge in [0.1, 0.15) is 12.1 Å². The van der Waals surface area contributed by atoms with Gasteiger partial charge in [-0.05, 0) is 35.1 Å². The normalized spacial score (nSPS) is 15.8. The van der Waals surface area contributed by atoms with Crippen LogP contribution in [0.1, 0.15) is 33.3 Å². The summed E-state index contributed by atoms with van der Waals surface area (Å²) in [5.74, 6) is 1.52. The molecule has 4 rings (SSSR count). The van der Waals surface area contributed by atoms with Crippen LogP contribution in [0.5, 0.6) is 5.88 Å². The molecule has 0 saturated carbocycles. The van der Waals surface area contributed by atoms with E-state index in [0.717, 1.165) is 29.1 Å². The number of carbonyl (C=O) groups excluding carboxylic acids is 1. The van der Waals surface area contributed by atoms with Crippen LogP contribution in [-0.4, -0.2) is 46.2 Å². The molecule has 33 heavy (non-hydrogen) atoms. The Morgan fingerprint density at radius 1 is 1.21 bits per heavy atom. The van der Waals surface area contributed by atoms with Crippen molar-refractivity contribution in [1.29, 1.82) is 0 Å². The van der Waals surface area contributed by atoms with Gasteiger partial charge in [-0.1, -0.05) is 27.7 Å². The maximum Gasteiger partial charge on any atom is 0.328 e. The quantitative estimate of drug-likeness (QED) is 0.615. The maximum atomic E-state index is 13.3. The largest absolute Gasteiger partial charge is 0.481 e. The van der Waals surface area contributed by atoms with Gasteiger partial charge < -0.3 is 10.1 Å². The molecule has 1 aliphatic rings. The maximum absolute atomic E-state index is 13.3. The third-order valence-corrected chi connectivity index (χ3v) is 5.50. The molecular formula is C24H29N7O2. The molecule has 0 unspecified atom stereocenters. The molecule has 2 N–H and O–H groups in total. The minimum Gasteiger partial charge on any atom is -0.481 e. The summed E-state index contributed by atoms with van der Waals surface area (Å²) < 4.78 is 5.13. The number of methoxy groups -OCH3 is 1. The lowest BCUT2D eigenvalue weighted by molar-refractivity contribution is 0.256. The topological polar surface area (TPSA) is 105 Å². The summed E-state index contributed by atoms with van der Waals surface area (Å²) in [7, 11) is 1.52. The van der Waals surface area contributed by atoms with E-state index >= 15 is 0 Å². The fourth-order valence-electron chi connectivity index (χ4n) is 3.57. The number of urea groups is 1. The van der Waals surface area contributed by atoms with Crippen molar-refractivity contribution in [3.8, 4) is 17.1 Å². The van der Waals surface area contributed by atoms with Gasteiger partial charge in [0.15, 0.2) is 5.82 Å². The lowest BCUT2D eigenvalue weighted by atomic mass is 9.87. The highest BCUT2D eigenvalue weighted by molar-refractivity contribution is 6.03. The second-order valence-corrected chi connectivity index (χ2v) is 9.25. The van der Waals surface area contributed by atoms with E-state index in [4.69, 9.17) is 9.72 Å². The number of hydrogen-bond donors (Lipinski definition) is 2. The van der Waals surface area contributed by atoms with E-state index in [1.54, 1.807) is 17.2 Å². The molecule has 4 heterocycles. The van der Waals surface area contributed by atoms with E-state index < -0.39 is 0 Å². The van der Waals surface area contributed by atoms with Crippen LogP contribution in [0.2, 0.25) is 0 Å². The van der Waals surface area contributed by atoms with Gasteiger partial charge in [0.05, 0.1) is 18.5 Å². The minimum absolute atomic E-state index is 0.0315. The lowest BCUT2D eigenvalue weighted by Gasteiger charge is -2.24. The highest BCUT2D eigenvalue weighted by Crippen LogP contribution is 2.32. The van der Waals surface area contributed by atoms with Crippen LogP contribution in [-0.2, 0) is 5.41 Å². The summed E-state index contributed by atoms with van der Waals surface area (Å²) in [6.45, 7) is 9.78. The predicted octanol–water partition coefficient (Wildman–Crippen LogP) is 4.34. The molecule has 172 valence electrons. The molecular weight excluding hydrogens is 418 g/mol. The predicted molar refractivity (Wildman–Crippen MR) is 129 cm³/mol. The Hall–Kier alpha value is -3.75. The summed E-state index contributed by atoms with van der Waals surface area (Å²) in [5.41, 5.74) is 3.55. The summed E-state index contributed by atoms with van der Waals surface area (Å²) >= 11 is 0. The Bertz CT molecular complexity index is 1160. The van der Waals surface area contributed by atoms with Crippen LogP contribution in [0.25, 0.3) is 11.3 Å². The summed E-state index contributed by atoms with van der Waals surface area (Å²) in [4.78, 5) is 32.4. The molecule has 0 fully saturated rings. The van der Waals surface area contributed by atoms with Crippen LogP contribution < -0.4 is 20.3 Å². The number of ether oxygens (including phenoxy) is 1. The van der Waals surface area contributed by atoms with Crippen molar-refractivity contribution < 1.29 is 9.53 Å². The number of anilines is 3. The lowest BCUT2D eigenvalue weighted by Crippen LogP contribution is -2.38. The van der Waals surface area contributed by atoms with E-state index in [1.807, 2.05) is 18.3 Å². The average molecular weight is 448 g/mol. The first-order valence-electron chi connectivity index (χ1n) is 10.9. The van der Waals surface area contributed by atoms with E-state index in [-0.39, 0.29) is 17.4 Å². The van der Waals surface area contributed by atoms with E-state index in [9.17, 15) is 4.79 Å². The zero-order chi connectivity index (χ0) is 23.6. The summed E-state index contributed by atoms with van der Waals surface area (Å²) in [5, 5.41) is 6.25. The smallest absolute Gasteiger partial charge is 0.328 e. The Morgan fingerprint density at radius 2 is 2.03 bits per heavy atom. The third kappa shape index (κ3) is 5.02. The van der Waals surface area contributed by atoms with Crippen LogP contribution in [0.4, 0.5) is 22.1 Å². The number of pyridine rings is 2. The molecule has 0 spiro atoms. The van der Waals surface area contributed by atoms with Gasteiger partial charge >= 0.3 is 6.03 Å². The highest BCUT2D eigenvalue weighted by Gasteiger charge is 2.27. The van der Waals surface area contributed by atoms with Crippen molar-refractivity contribution in [2.45, 2.75) is 33.1 Å². The first-order chi connectivity index (χ1) is 15.7. The van der Waals surface area contributed by atoms with Crippen LogP contribution >= 0.6 is 0 Å². The molecule has 0 aromatic carbocycles. The SMILES string of the molecule is COc1cc(NC(=O)N2C[C@H](C)CNc3ccc(-c4cncc(C(C)(C)C)c4)nc32)ncn1. The molecule has 0 aliphatic carbocycles. The van der Waals surface area contributed by atoms with E-state index in [0.29, 0.717) is 24.1 Å². The summed E-state index contributed by atoms with van der Waals surface area (Å²) in [6.07, 6.45) is 5.03. The number of fused-ring (bicyclic) bond motifs is 1. The van der Waals surface area contributed by atoms with Gasteiger partial charge in [0, 0.05) is 37.1 Å². The van der Waals surface area contributed by atoms with Crippen molar-refractivity contribution in [1.82, 2.24) is 19.9 Å². The number of aromatic nitrogens is 4. The van der Waals surface area contributed by atoms with Crippen LogP contribution in [0.15, 0.2) is 43.0 Å². The minimum atomic E-state index is -0.321. The van der Waals surface area contributed by atoms with Crippen molar-refractivity contribution in [2.24, 2.45) is 5.92 Å². The van der Waals surface area contributed by atoms with Crippen LogP contribution in [0, 0.1) is 5.92 Å². The van der Waals surface area contributed by atoms with E-state index in [1.165, 1.54) is 13.4 Å². The molecule has 3 aromatic rings. The molecule has 1 aliphatic heterocycles. The van der Waals surface area contributed by atoms with Crippen molar-refractivity contribution in [3.63, 3.8) is 0 Å². The highest BCUT2D eigenvalue weighted by atomic mass is 16.5. The van der Waals surface area contributed by atoms with Gasteiger partial charge in [-0.15, -0.1) is 0 Å². The fraction of sp³-hybridized carbons (Fsp3) is 0.375. The van der Waals surface area contributed by atoms with Crippen LogP contribution in [0.3, 0.4) is 0 Å². The van der Waals surface area contributed by atoms with Crippen molar-refractivity contribution in [3.05, 3.63) is 48.5 Å². The molecule has 1 atom stereocenters. The van der Waals surface area contributed by atoms with Gasteiger partial charge in [-0.3, -0.25) is 15.2 Å². The molecule has 2 amide bonds. The van der Waals surface area contributed by atoms with Gasteiger partial charge in [-0.2, -0.15) is 0 Å². The molecule has 3 aromatic heterocycles. The Balaban J connectivity index is 1.70. The zero-order valence-electron chi connectivity index (χ0n) is 19.6. The zero-order valence-corrected chi connectivity index (χ0v) is 19.6. The Labute approximate surface area is 193 Å². The van der Waals surface area contributed by atoms with Crippen molar-refractivity contribution in [2.75, 3.05) is 35.7 Å². The second-order valence-electron chi connectivity index (χ2n) is 9.25. The number of nitrogens with one attached hydrogen (secondary N) is 2. The second kappa shape index (κ2) is 9.01. The molecule has 9 heteroatoms. The van der Waals surface area contributed by atoms with Gasteiger partial charge in [0.2, 0.25) is 5.88 Å². The molecule has 0 saturated heterocycles. The number of rotatable bonds is 3. The number of nitrogens with zero attached hydrogens (tertiary/aromatic N) is 5. The molecule has 0 bridgehead atoms. The average Bonchev–Trinajstić information content (AvgIpc) is 2.97. The number of carbonyl (C=O) groups is 1. The summed E-state index contributed by atoms with van der Waals surface area (Å²) in [6, 6.07) is 7.28. The first kappa shape index (κ1) is 22.4. The molecule has 0 radical (unpaired) electrons. The first-order valence-corrected chi connectivity index (χ1v) is 10.9. The third-order valence-electron chi connectivity index (χ3n) is 5.50. The van der Waals surface area contributed by atoms with Gasteiger partial charge in [0.25, 0.3) is 0 Å². The Morgan fingerprint density at radius 3 is 2.79 bits per heavy atom. The number of amides is 2. The van der Waals surface area contributed by atoms with Crippen molar-refractivity contribution >= 4 is 23.4 Å².